The quantitative estimate of drug-likeness (QED) is 0.713. The zero-order valence-electron chi connectivity index (χ0n) is 9.18. The van der Waals surface area contributed by atoms with Gasteiger partial charge in [-0.2, -0.15) is 0 Å². The molecule has 0 aromatic rings. The van der Waals surface area contributed by atoms with Crippen LogP contribution in [0.1, 0.15) is 20.8 Å². The third-order valence-electron chi connectivity index (χ3n) is 3.10. The van der Waals surface area contributed by atoms with Crippen LogP contribution in [-0.2, 0) is 0 Å². The van der Waals surface area contributed by atoms with Crippen LogP contribution < -0.4 is 5.73 Å². The topological polar surface area (TPSA) is 75.5 Å². The molecule has 2 aliphatic heterocycles. The first-order valence-corrected chi connectivity index (χ1v) is 5.07. The number of amidine groups is 1. The van der Waals surface area contributed by atoms with Crippen molar-refractivity contribution in [3.8, 4) is 0 Å². The van der Waals surface area contributed by atoms with Crippen molar-refractivity contribution < 1.29 is 0 Å². The molecule has 0 aromatic carbocycles. The van der Waals surface area contributed by atoms with Crippen LogP contribution in [0.25, 0.3) is 0 Å². The van der Waals surface area contributed by atoms with Gasteiger partial charge in [0.25, 0.3) is 0 Å². The van der Waals surface area contributed by atoms with Crippen molar-refractivity contribution in [3.05, 3.63) is 0 Å². The summed E-state index contributed by atoms with van der Waals surface area (Å²) >= 11 is 0. The smallest absolute Gasteiger partial charge is 0.180 e. The molecule has 2 N–H and O–H groups in total. The molecule has 0 spiro atoms. The molecule has 5 nitrogen and oxygen atoms in total. The molecule has 0 radical (unpaired) electrons. The van der Waals surface area contributed by atoms with E-state index in [1.807, 2.05) is 0 Å². The second-order valence-electron chi connectivity index (χ2n) is 4.28. The van der Waals surface area contributed by atoms with Crippen molar-refractivity contribution >= 4 is 24.2 Å². The van der Waals surface area contributed by atoms with Crippen LogP contribution in [0.4, 0.5) is 0 Å². The Bertz CT molecular complexity index is 391. The Hall–Kier alpha value is -1.36. The van der Waals surface area contributed by atoms with Crippen molar-refractivity contribution in [3.63, 3.8) is 0 Å². The third kappa shape index (κ3) is 1.43. The molecule has 5 heteroatoms. The van der Waals surface area contributed by atoms with Crippen LogP contribution >= 0.6 is 0 Å². The van der Waals surface area contributed by atoms with Crippen LogP contribution in [0, 0.1) is 11.8 Å². The van der Waals surface area contributed by atoms with Gasteiger partial charge in [-0.25, -0.2) is 20.0 Å². The fraction of sp³-hybridized carbons (Fsp3) is 0.600. The number of nitrogens with zero attached hydrogens (tertiary/aromatic N) is 4. The number of hydrogen-bond donors (Lipinski definition) is 1. The van der Waals surface area contributed by atoms with E-state index < -0.39 is 5.66 Å². The highest BCUT2D eigenvalue weighted by Gasteiger charge is 2.43. The lowest BCUT2D eigenvalue weighted by Crippen LogP contribution is -2.56. The van der Waals surface area contributed by atoms with E-state index in [1.165, 1.54) is 12.7 Å². The minimum atomic E-state index is -0.776. The summed E-state index contributed by atoms with van der Waals surface area (Å²) in [5.41, 5.74) is 6.21. The first kappa shape index (κ1) is 10.2. The number of rotatable bonds is 2. The predicted molar refractivity (Wildman–Crippen MR) is 62.8 cm³/mol. The molecule has 0 fully saturated rings. The summed E-state index contributed by atoms with van der Waals surface area (Å²) in [4.78, 5) is 16.5. The maximum absolute atomic E-state index is 6.30. The SMILES string of the molecule is CC(C)C(C)C1(N)N=CN=C2N=CN=C21. The minimum Gasteiger partial charge on any atom is -0.302 e. The molecule has 0 amide bonds. The molecule has 2 atom stereocenters. The Labute approximate surface area is 88.9 Å². The van der Waals surface area contributed by atoms with Crippen LogP contribution in [0.3, 0.4) is 0 Å². The Balaban J connectivity index is 2.38. The second-order valence-corrected chi connectivity index (χ2v) is 4.28. The molecule has 2 heterocycles. The van der Waals surface area contributed by atoms with E-state index in [0.29, 0.717) is 17.5 Å². The Morgan fingerprint density at radius 3 is 2.60 bits per heavy atom. The van der Waals surface area contributed by atoms with Crippen LogP contribution in [-0.4, -0.2) is 29.9 Å². The number of aliphatic imine (C=N–C) groups is 4. The summed E-state index contributed by atoms with van der Waals surface area (Å²) < 4.78 is 0. The maximum atomic E-state index is 6.30. The van der Waals surface area contributed by atoms with Crippen LogP contribution in [0.15, 0.2) is 20.0 Å². The monoisotopic (exact) mass is 205 g/mol. The van der Waals surface area contributed by atoms with E-state index in [0.717, 1.165) is 0 Å². The largest absolute Gasteiger partial charge is 0.302 e. The molecular formula is C10H15N5. The van der Waals surface area contributed by atoms with Gasteiger partial charge in [0.2, 0.25) is 0 Å². The molecule has 80 valence electrons. The van der Waals surface area contributed by atoms with E-state index >= 15 is 0 Å². The fourth-order valence-electron chi connectivity index (χ4n) is 1.72. The van der Waals surface area contributed by atoms with Gasteiger partial charge >= 0.3 is 0 Å². The standard InChI is InChI=1S/C10H15N5/c1-6(2)7(3)10(11)8-9(13-4-12-8)14-5-15-10/h4-7H,11H2,1-3H3. The van der Waals surface area contributed by atoms with E-state index in [4.69, 9.17) is 5.73 Å². The van der Waals surface area contributed by atoms with E-state index in [2.05, 4.69) is 40.7 Å². The van der Waals surface area contributed by atoms with Gasteiger partial charge < -0.3 is 5.73 Å². The van der Waals surface area contributed by atoms with E-state index in [1.54, 1.807) is 0 Å². The highest BCUT2D eigenvalue weighted by molar-refractivity contribution is 6.50. The predicted octanol–water partition coefficient (Wildman–Crippen LogP) is 0.857. The summed E-state index contributed by atoms with van der Waals surface area (Å²) in [6, 6.07) is 0. The van der Waals surface area contributed by atoms with Gasteiger partial charge in [0.05, 0.1) is 0 Å². The Morgan fingerprint density at radius 2 is 1.93 bits per heavy atom. The van der Waals surface area contributed by atoms with Gasteiger partial charge in [0.1, 0.15) is 18.4 Å². The lowest BCUT2D eigenvalue weighted by atomic mass is 9.82. The van der Waals surface area contributed by atoms with Crippen LogP contribution in [0.5, 0.6) is 0 Å². The number of fused-ring (bicyclic) bond motifs is 1. The number of hydrogen-bond acceptors (Lipinski definition) is 5. The van der Waals surface area contributed by atoms with Crippen molar-refractivity contribution in [2.45, 2.75) is 26.4 Å². The summed E-state index contributed by atoms with van der Waals surface area (Å²) in [6.45, 7) is 6.32. The van der Waals surface area contributed by atoms with Gasteiger partial charge in [0.15, 0.2) is 11.5 Å². The Kier molecular flexibility index (Phi) is 2.26. The molecule has 0 aromatic heterocycles. The van der Waals surface area contributed by atoms with Crippen LogP contribution in [0.2, 0.25) is 0 Å². The molecule has 0 saturated heterocycles. The molecule has 2 rings (SSSR count). The average molecular weight is 205 g/mol. The number of nitrogens with two attached hydrogens (primary N) is 1. The van der Waals surface area contributed by atoms with Crippen molar-refractivity contribution in [1.29, 1.82) is 0 Å². The average Bonchev–Trinajstić information content (AvgIpc) is 2.66. The summed E-state index contributed by atoms with van der Waals surface area (Å²) in [5, 5.41) is 0. The lowest BCUT2D eigenvalue weighted by Gasteiger charge is -2.34. The maximum Gasteiger partial charge on any atom is 0.180 e. The van der Waals surface area contributed by atoms with Gasteiger partial charge in [-0.05, 0) is 5.92 Å². The third-order valence-corrected chi connectivity index (χ3v) is 3.10. The Morgan fingerprint density at radius 1 is 1.20 bits per heavy atom. The summed E-state index contributed by atoms with van der Waals surface area (Å²) in [5.74, 6) is 1.22. The fourth-order valence-corrected chi connectivity index (χ4v) is 1.72. The molecule has 2 unspecified atom stereocenters. The minimum absolute atomic E-state index is 0.194. The highest BCUT2D eigenvalue weighted by Crippen LogP contribution is 2.28. The normalized spacial score (nSPS) is 30.2. The summed E-state index contributed by atoms with van der Waals surface area (Å²) in [7, 11) is 0. The molecular weight excluding hydrogens is 190 g/mol. The van der Waals surface area contributed by atoms with Gasteiger partial charge in [-0.1, -0.05) is 20.8 Å². The first-order valence-electron chi connectivity index (χ1n) is 5.07. The second kappa shape index (κ2) is 3.34. The zero-order chi connectivity index (χ0) is 11.1. The van der Waals surface area contributed by atoms with Crippen molar-refractivity contribution in [1.82, 2.24) is 0 Å². The molecule has 0 bridgehead atoms. The molecule has 0 saturated carbocycles. The molecule has 15 heavy (non-hydrogen) atoms. The first-order chi connectivity index (χ1) is 7.05. The van der Waals surface area contributed by atoms with Gasteiger partial charge in [-0.3, -0.25) is 0 Å². The summed E-state index contributed by atoms with van der Waals surface area (Å²) in [6.07, 6.45) is 2.97. The highest BCUT2D eigenvalue weighted by atomic mass is 15.2. The molecule has 2 aliphatic rings. The zero-order valence-corrected chi connectivity index (χ0v) is 9.18. The van der Waals surface area contributed by atoms with Crippen molar-refractivity contribution in [2.24, 2.45) is 37.5 Å². The van der Waals surface area contributed by atoms with Gasteiger partial charge in [-0.15, -0.1) is 0 Å². The van der Waals surface area contributed by atoms with E-state index in [9.17, 15) is 0 Å². The van der Waals surface area contributed by atoms with Crippen molar-refractivity contribution in [2.75, 3.05) is 0 Å². The van der Waals surface area contributed by atoms with E-state index in [-0.39, 0.29) is 5.92 Å². The molecule has 0 aliphatic carbocycles. The van der Waals surface area contributed by atoms with Gasteiger partial charge in [0, 0.05) is 5.92 Å². The lowest BCUT2D eigenvalue weighted by molar-refractivity contribution is 0.307.